The van der Waals surface area contributed by atoms with Gasteiger partial charge >= 0.3 is 0 Å². The molecule has 2 saturated carbocycles. The van der Waals surface area contributed by atoms with Crippen molar-refractivity contribution in [2.45, 2.75) is 31.7 Å². The molecule has 2 aliphatic carbocycles. The summed E-state index contributed by atoms with van der Waals surface area (Å²) in [5, 5.41) is 1.05. The number of rotatable bonds is 4. The molecule has 98 valence electrons. The summed E-state index contributed by atoms with van der Waals surface area (Å²) >= 11 is 0. The molecule has 0 radical (unpaired) electrons. The van der Waals surface area contributed by atoms with Crippen LogP contribution in [0, 0.1) is 5.92 Å². The monoisotopic (exact) mass is 254 g/mol. The Morgan fingerprint density at radius 2 is 2.00 bits per heavy atom. The molecule has 2 aromatic rings. The predicted molar refractivity (Wildman–Crippen MR) is 75.1 cm³/mol. The van der Waals surface area contributed by atoms with Gasteiger partial charge in [0.15, 0.2) is 0 Å². The van der Waals surface area contributed by atoms with Crippen molar-refractivity contribution in [3.8, 4) is 0 Å². The molecule has 1 amide bonds. The zero-order valence-corrected chi connectivity index (χ0v) is 10.9. The van der Waals surface area contributed by atoms with E-state index in [1.165, 1.54) is 25.7 Å². The normalized spacial score (nSPS) is 18.7. The van der Waals surface area contributed by atoms with E-state index in [1.807, 2.05) is 30.5 Å². The Hall–Kier alpha value is -1.77. The highest BCUT2D eigenvalue weighted by molar-refractivity contribution is 6.06. The molecule has 4 rings (SSSR count). The van der Waals surface area contributed by atoms with Crippen molar-refractivity contribution < 1.29 is 4.79 Å². The van der Waals surface area contributed by atoms with Gasteiger partial charge in [-0.15, -0.1) is 0 Å². The minimum atomic E-state index is 0.215. The van der Waals surface area contributed by atoms with Crippen molar-refractivity contribution in [2.75, 3.05) is 6.54 Å². The van der Waals surface area contributed by atoms with Crippen LogP contribution in [0.4, 0.5) is 0 Å². The minimum Gasteiger partial charge on any atom is -0.360 e. The maximum absolute atomic E-state index is 12.8. The molecular formula is C16H18N2O. The second kappa shape index (κ2) is 4.12. The molecule has 1 heterocycles. The number of nitrogens with one attached hydrogen (secondary N) is 1. The van der Waals surface area contributed by atoms with E-state index < -0.39 is 0 Å². The number of para-hydroxylation sites is 1. The molecular weight excluding hydrogens is 236 g/mol. The van der Waals surface area contributed by atoms with E-state index in [-0.39, 0.29) is 5.91 Å². The Balaban J connectivity index is 1.67. The first-order valence-corrected chi connectivity index (χ1v) is 7.20. The van der Waals surface area contributed by atoms with E-state index >= 15 is 0 Å². The summed E-state index contributed by atoms with van der Waals surface area (Å²) in [6.45, 7) is 0.961. The van der Waals surface area contributed by atoms with Crippen LogP contribution in [0.5, 0.6) is 0 Å². The molecule has 1 aromatic heterocycles. The highest BCUT2D eigenvalue weighted by Gasteiger charge is 2.37. The molecule has 0 bridgehead atoms. The largest absolute Gasteiger partial charge is 0.360 e. The van der Waals surface area contributed by atoms with Gasteiger partial charge in [0.25, 0.3) is 5.91 Å². The summed E-state index contributed by atoms with van der Waals surface area (Å²) in [5.41, 5.74) is 1.89. The topological polar surface area (TPSA) is 36.1 Å². The van der Waals surface area contributed by atoms with Crippen LogP contribution in [0.15, 0.2) is 30.5 Å². The Morgan fingerprint density at radius 1 is 1.21 bits per heavy atom. The number of amides is 1. The van der Waals surface area contributed by atoms with Gasteiger partial charge in [-0.2, -0.15) is 0 Å². The molecule has 1 aromatic carbocycles. The molecule has 0 atom stereocenters. The second-order valence-electron chi connectivity index (χ2n) is 5.88. The Kier molecular flexibility index (Phi) is 2.40. The average molecular weight is 254 g/mol. The number of benzene rings is 1. The van der Waals surface area contributed by atoms with Crippen molar-refractivity contribution in [1.82, 2.24) is 9.88 Å². The van der Waals surface area contributed by atoms with Gasteiger partial charge in [-0.05, 0) is 37.7 Å². The van der Waals surface area contributed by atoms with Crippen LogP contribution in [0.3, 0.4) is 0 Å². The zero-order valence-electron chi connectivity index (χ0n) is 10.9. The first-order valence-electron chi connectivity index (χ1n) is 7.20. The first kappa shape index (κ1) is 11.1. The van der Waals surface area contributed by atoms with E-state index in [0.717, 1.165) is 28.9 Å². The summed E-state index contributed by atoms with van der Waals surface area (Å²) < 4.78 is 0. The lowest BCUT2D eigenvalue weighted by atomic mass is 10.1. The number of hydrogen-bond donors (Lipinski definition) is 1. The Morgan fingerprint density at radius 3 is 2.74 bits per heavy atom. The molecule has 0 saturated heterocycles. The number of carbonyl (C=O) groups is 1. The van der Waals surface area contributed by atoms with Crippen molar-refractivity contribution in [3.05, 3.63) is 36.0 Å². The van der Waals surface area contributed by atoms with Gasteiger partial charge in [0, 0.05) is 29.7 Å². The van der Waals surface area contributed by atoms with E-state index in [0.29, 0.717) is 6.04 Å². The third-order valence-corrected chi connectivity index (χ3v) is 4.22. The maximum atomic E-state index is 12.8. The summed E-state index contributed by atoms with van der Waals surface area (Å²) in [6, 6.07) is 8.54. The first-order chi connectivity index (χ1) is 9.33. The van der Waals surface area contributed by atoms with Crippen molar-refractivity contribution in [1.29, 1.82) is 0 Å². The predicted octanol–water partition coefficient (Wildman–Crippen LogP) is 3.18. The van der Waals surface area contributed by atoms with Crippen LogP contribution >= 0.6 is 0 Å². The number of hydrogen-bond acceptors (Lipinski definition) is 1. The highest BCUT2D eigenvalue weighted by atomic mass is 16.2. The standard InChI is InChI=1S/C16H18N2O/c19-16(18(12-7-8-12)10-11-5-6-11)14-9-17-15-4-2-1-3-13(14)15/h1-4,9,11-12,17H,5-8,10H2. The molecule has 3 heteroatoms. The maximum Gasteiger partial charge on any atom is 0.256 e. The third-order valence-electron chi connectivity index (χ3n) is 4.22. The third kappa shape index (κ3) is 2.03. The van der Waals surface area contributed by atoms with Gasteiger partial charge in [0.05, 0.1) is 5.56 Å². The average Bonchev–Trinajstić information content (AvgIpc) is 3.33. The van der Waals surface area contributed by atoms with E-state index in [1.54, 1.807) is 0 Å². The lowest BCUT2D eigenvalue weighted by Crippen LogP contribution is -2.34. The van der Waals surface area contributed by atoms with Crippen LogP contribution in [0.1, 0.15) is 36.0 Å². The summed E-state index contributed by atoms with van der Waals surface area (Å²) in [6.07, 6.45) is 6.83. The minimum absolute atomic E-state index is 0.215. The van der Waals surface area contributed by atoms with Gasteiger partial charge in [0.2, 0.25) is 0 Å². The zero-order chi connectivity index (χ0) is 12.8. The summed E-state index contributed by atoms with van der Waals surface area (Å²) in [5.74, 6) is 0.974. The second-order valence-corrected chi connectivity index (χ2v) is 5.88. The number of nitrogens with zero attached hydrogens (tertiary/aromatic N) is 1. The van der Waals surface area contributed by atoms with Crippen molar-refractivity contribution in [2.24, 2.45) is 5.92 Å². The smallest absolute Gasteiger partial charge is 0.256 e. The van der Waals surface area contributed by atoms with Crippen LogP contribution < -0.4 is 0 Å². The van der Waals surface area contributed by atoms with Gasteiger partial charge < -0.3 is 9.88 Å². The van der Waals surface area contributed by atoms with Crippen LogP contribution in [0.25, 0.3) is 10.9 Å². The summed E-state index contributed by atoms with van der Waals surface area (Å²) in [4.78, 5) is 18.1. The molecule has 0 unspecified atom stereocenters. The molecule has 0 spiro atoms. The van der Waals surface area contributed by atoms with Crippen LogP contribution in [-0.2, 0) is 0 Å². The molecule has 3 nitrogen and oxygen atoms in total. The van der Waals surface area contributed by atoms with E-state index in [2.05, 4.69) is 9.88 Å². The fraction of sp³-hybridized carbons (Fsp3) is 0.438. The quantitative estimate of drug-likeness (QED) is 0.893. The van der Waals surface area contributed by atoms with Crippen molar-refractivity contribution in [3.63, 3.8) is 0 Å². The van der Waals surface area contributed by atoms with E-state index in [4.69, 9.17) is 0 Å². The molecule has 1 N–H and O–H groups in total. The summed E-state index contributed by atoms with van der Waals surface area (Å²) in [7, 11) is 0. The highest BCUT2D eigenvalue weighted by Crippen LogP contribution is 2.36. The van der Waals surface area contributed by atoms with E-state index in [9.17, 15) is 4.79 Å². The number of carbonyl (C=O) groups excluding carboxylic acids is 1. The van der Waals surface area contributed by atoms with Gasteiger partial charge in [-0.25, -0.2) is 0 Å². The SMILES string of the molecule is O=C(c1c[nH]c2ccccc12)N(CC1CC1)C1CC1. The van der Waals surface area contributed by atoms with Crippen molar-refractivity contribution >= 4 is 16.8 Å². The fourth-order valence-electron chi connectivity index (χ4n) is 2.77. The molecule has 2 aliphatic rings. The van der Waals surface area contributed by atoms with Gasteiger partial charge in [-0.3, -0.25) is 4.79 Å². The Bertz CT molecular complexity index is 622. The Labute approximate surface area is 112 Å². The van der Waals surface area contributed by atoms with Gasteiger partial charge in [-0.1, -0.05) is 18.2 Å². The molecule has 19 heavy (non-hydrogen) atoms. The van der Waals surface area contributed by atoms with Gasteiger partial charge in [0.1, 0.15) is 0 Å². The number of aromatic nitrogens is 1. The van der Waals surface area contributed by atoms with Crippen LogP contribution in [-0.4, -0.2) is 28.4 Å². The lowest BCUT2D eigenvalue weighted by Gasteiger charge is -2.22. The lowest BCUT2D eigenvalue weighted by molar-refractivity contribution is 0.0737. The van der Waals surface area contributed by atoms with Crippen LogP contribution in [0.2, 0.25) is 0 Å². The number of aromatic amines is 1. The fourth-order valence-corrected chi connectivity index (χ4v) is 2.77. The molecule has 0 aliphatic heterocycles. The number of H-pyrrole nitrogens is 1. The molecule has 2 fully saturated rings. The number of fused-ring (bicyclic) bond motifs is 1.